The Morgan fingerprint density at radius 3 is 2.52 bits per heavy atom. The van der Waals surface area contributed by atoms with Gasteiger partial charge in [0, 0.05) is 18.1 Å². The summed E-state index contributed by atoms with van der Waals surface area (Å²) in [6.45, 7) is 3.06. The third kappa shape index (κ3) is 4.83. The summed E-state index contributed by atoms with van der Waals surface area (Å²) >= 11 is 0. The van der Waals surface area contributed by atoms with Crippen molar-refractivity contribution in [3.63, 3.8) is 0 Å². The summed E-state index contributed by atoms with van der Waals surface area (Å²) < 4.78 is 12.5. The number of aromatic nitrogens is 1. The molecule has 3 aromatic rings. The van der Waals surface area contributed by atoms with Gasteiger partial charge in [0.25, 0.3) is 0 Å². The molecular formula is C24H26N3O4+. The van der Waals surface area contributed by atoms with Crippen LogP contribution in [0.4, 0.5) is 5.82 Å². The van der Waals surface area contributed by atoms with Gasteiger partial charge in [0.1, 0.15) is 25.9 Å². The molecule has 31 heavy (non-hydrogen) atoms. The van der Waals surface area contributed by atoms with E-state index in [1.165, 1.54) is 17.2 Å². The Hall–Kier alpha value is -3.45. The van der Waals surface area contributed by atoms with Crippen LogP contribution in [0, 0.1) is 10.1 Å². The second-order valence-corrected chi connectivity index (χ2v) is 8.24. The van der Waals surface area contributed by atoms with E-state index >= 15 is 0 Å². The minimum Gasteiger partial charge on any atom is -0.493 e. The summed E-state index contributed by atoms with van der Waals surface area (Å²) in [7, 11) is 3.88. The zero-order valence-electron chi connectivity index (χ0n) is 17.8. The first-order valence-electron chi connectivity index (χ1n) is 10.3. The first-order chi connectivity index (χ1) is 15.0. The lowest BCUT2D eigenvalue weighted by molar-refractivity contribution is -0.937. The molecule has 0 spiro atoms. The van der Waals surface area contributed by atoms with E-state index in [-0.39, 0.29) is 5.82 Å². The zero-order valence-corrected chi connectivity index (χ0v) is 17.8. The van der Waals surface area contributed by atoms with E-state index in [0.717, 1.165) is 53.2 Å². The summed E-state index contributed by atoms with van der Waals surface area (Å²) in [4.78, 5) is 14.3. The second-order valence-electron chi connectivity index (χ2n) is 8.24. The largest absolute Gasteiger partial charge is 0.493 e. The number of hydrogen-bond donors (Lipinski definition) is 0. The molecule has 2 aromatic carbocycles. The molecule has 1 aliphatic rings. The average Bonchev–Trinajstić information content (AvgIpc) is 2.78. The van der Waals surface area contributed by atoms with Crippen molar-refractivity contribution < 1.29 is 18.9 Å². The number of methoxy groups -OCH3 is 1. The number of nitrogens with zero attached hydrogens (tertiary/aromatic N) is 3. The third-order valence-corrected chi connectivity index (χ3v) is 5.76. The highest BCUT2D eigenvalue weighted by molar-refractivity contribution is 5.48. The van der Waals surface area contributed by atoms with E-state index in [1.807, 2.05) is 30.3 Å². The topological polar surface area (TPSA) is 74.5 Å². The highest BCUT2D eigenvalue weighted by Crippen LogP contribution is 2.36. The van der Waals surface area contributed by atoms with Crippen LogP contribution in [0.2, 0.25) is 0 Å². The molecule has 0 fully saturated rings. The lowest BCUT2D eigenvalue weighted by Crippen LogP contribution is -2.46. The molecule has 1 unspecified atom stereocenters. The molecule has 2 heterocycles. The van der Waals surface area contributed by atoms with Gasteiger partial charge >= 0.3 is 5.82 Å². The SMILES string of the molecule is COc1cc2c(cc1OCc1ccccc1)C[N+](C)(Cc1ccc([N+](=O)[O-])nc1)CC2. The van der Waals surface area contributed by atoms with Crippen molar-refractivity contribution in [3.8, 4) is 11.5 Å². The van der Waals surface area contributed by atoms with Crippen LogP contribution in [-0.4, -0.2) is 35.1 Å². The number of benzene rings is 2. The molecule has 0 radical (unpaired) electrons. The molecule has 0 saturated carbocycles. The van der Waals surface area contributed by atoms with Crippen LogP contribution in [0.15, 0.2) is 60.8 Å². The van der Waals surface area contributed by atoms with Gasteiger partial charge in [0.05, 0.1) is 26.3 Å². The standard InChI is InChI=1S/C24H26N3O4/c1-27(15-19-8-9-24(25-14-19)26(28)29)11-10-20-12-22(30-2)23(13-21(20)16-27)31-17-18-6-4-3-5-7-18/h3-9,12-14H,10-11,15-17H2,1-2H3/q+1. The van der Waals surface area contributed by atoms with Gasteiger partial charge in [-0.1, -0.05) is 30.3 Å². The highest BCUT2D eigenvalue weighted by Gasteiger charge is 2.30. The zero-order chi connectivity index (χ0) is 21.8. The van der Waals surface area contributed by atoms with Gasteiger partial charge in [-0.05, 0) is 39.2 Å². The normalized spacial score (nSPS) is 17.6. The van der Waals surface area contributed by atoms with Crippen LogP contribution < -0.4 is 9.47 Å². The van der Waals surface area contributed by atoms with Crippen LogP contribution >= 0.6 is 0 Å². The minimum atomic E-state index is -0.471. The van der Waals surface area contributed by atoms with Gasteiger partial charge < -0.3 is 24.1 Å². The summed E-state index contributed by atoms with van der Waals surface area (Å²) in [5, 5.41) is 10.8. The Morgan fingerprint density at radius 1 is 1.06 bits per heavy atom. The molecule has 0 N–H and O–H groups in total. The smallest absolute Gasteiger partial charge is 0.363 e. The maximum atomic E-state index is 10.8. The lowest BCUT2D eigenvalue weighted by Gasteiger charge is -2.38. The maximum Gasteiger partial charge on any atom is 0.363 e. The third-order valence-electron chi connectivity index (χ3n) is 5.76. The Labute approximate surface area is 181 Å². The molecular weight excluding hydrogens is 394 g/mol. The molecule has 7 heteroatoms. The van der Waals surface area contributed by atoms with Crippen molar-refractivity contribution in [2.24, 2.45) is 0 Å². The number of nitro groups is 1. The summed E-state index contributed by atoms with van der Waals surface area (Å²) in [5.74, 6) is 1.38. The quantitative estimate of drug-likeness (QED) is 0.324. The molecule has 0 aliphatic carbocycles. The van der Waals surface area contributed by atoms with Crippen molar-refractivity contribution >= 4 is 5.82 Å². The maximum absolute atomic E-state index is 10.8. The highest BCUT2D eigenvalue weighted by atomic mass is 16.6. The van der Waals surface area contributed by atoms with E-state index in [2.05, 4.69) is 24.2 Å². The summed E-state index contributed by atoms with van der Waals surface area (Å²) in [6, 6.07) is 17.5. The second kappa shape index (κ2) is 8.73. The monoisotopic (exact) mass is 420 g/mol. The number of pyridine rings is 1. The number of rotatable bonds is 7. The fourth-order valence-electron chi connectivity index (χ4n) is 4.11. The first-order valence-corrected chi connectivity index (χ1v) is 10.3. The van der Waals surface area contributed by atoms with Gasteiger partial charge in [-0.25, -0.2) is 0 Å². The predicted octanol–water partition coefficient (Wildman–Crippen LogP) is 4.28. The average molecular weight is 420 g/mol. The molecule has 1 aromatic heterocycles. The number of fused-ring (bicyclic) bond motifs is 1. The van der Waals surface area contributed by atoms with Crippen molar-refractivity contribution in [1.82, 2.24) is 4.98 Å². The fraction of sp³-hybridized carbons (Fsp3) is 0.292. The number of quaternary nitrogens is 1. The van der Waals surface area contributed by atoms with E-state index in [1.54, 1.807) is 19.4 Å². The van der Waals surface area contributed by atoms with E-state index < -0.39 is 4.92 Å². The number of ether oxygens (including phenoxy) is 2. The van der Waals surface area contributed by atoms with Crippen molar-refractivity contribution in [1.29, 1.82) is 0 Å². The van der Waals surface area contributed by atoms with E-state index in [9.17, 15) is 10.1 Å². The molecule has 1 atom stereocenters. The van der Waals surface area contributed by atoms with Crippen molar-refractivity contribution in [3.05, 3.63) is 93.2 Å². The Morgan fingerprint density at radius 2 is 1.84 bits per heavy atom. The summed E-state index contributed by atoms with van der Waals surface area (Å²) in [6.07, 6.45) is 2.54. The molecule has 0 saturated heterocycles. The minimum absolute atomic E-state index is 0.123. The molecule has 0 bridgehead atoms. The molecule has 160 valence electrons. The predicted molar refractivity (Wildman–Crippen MR) is 117 cm³/mol. The lowest BCUT2D eigenvalue weighted by atomic mass is 9.96. The van der Waals surface area contributed by atoms with Crippen molar-refractivity contribution in [2.45, 2.75) is 26.1 Å². The van der Waals surface area contributed by atoms with E-state index in [0.29, 0.717) is 6.61 Å². The van der Waals surface area contributed by atoms with Crippen LogP contribution in [0.1, 0.15) is 22.3 Å². The van der Waals surface area contributed by atoms with Gasteiger partial charge in [0.15, 0.2) is 11.5 Å². The molecule has 7 nitrogen and oxygen atoms in total. The van der Waals surface area contributed by atoms with Crippen LogP contribution in [0.5, 0.6) is 11.5 Å². The Kier molecular flexibility index (Phi) is 5.86. The molecule has 1 aliphatic heterocycles. The van der Waals surface area contributed by atoms with Crippen LogP contribution in [-0.2, 0) is 26.1 Å². The van der Waals surface area contributed by atoms with Gasteiger partial charge in [-0.3, -0.25) is 0 Å². The fourth-order valence-corrected chi connectivity index (χ4v) is 4.11. The summed E-state index contributed by atoms with van der Waals surface area (Å²) in [5.41, 5.74) is 4.62. The Bertz CT molecular complexity index is 1070. The molecule has 0 amide bonds. The number of hydrogen-bond acceptors (Lipinski definition) is 5. The van der Waals surface area contributed by atoms with Crippen LogP contribution in [0.25, 0.3) is 0 Å². The van der Waals surface area contributed by atoms with Gasteiger partial charge in [0.2, 0.25) is 0 Å². The Balaban J connectivity index is 1.52. The first kappa shape index (κ1) is 20.8. The number of likely N-dealkylation sites (N-methyl/N-ethyl adjacent to an activating group) is 1. The van der Waals surface area contributed by atoms with Crippen LogP contribution in [0.3, 0.4) is 0 Å². The van der Waals surface area contributed by atoms with E-state index in [4.69, 9.17) is 9.47 Å². The van der Waals surface area contributed by atoms with Gasteiger partial charge in [-0.15, -0.1) is 0 Å². The van der Waals surface area contributed by atoms with Gasteiger partial charge in [-0.2, -0.15) is 0 Å². The van der Waals surface area contributed by atoms with Crippen molar-refractivity contribution in [2.75, 3.05) is 20.7 Å². The molecule has 4 rings (SSSR count).